The molecule has 3 N–H and O–H groups in total. The fourth-order valence-corrected chi connectivity index (χ4v) is 6.73. The van der Waals surface area contributed by atoms with Gasteiger partial charge in [0.25, 0.3) is 0 Å². The Morgan fingerprint density at radius 3 is 2.15 bits per heavy atom. The van der Waals surface area contributed by atoms with Crippen LogP contribution in [-0.2, 0) is 29.2 Å². The standard InChI is InChI=1S/C40H48N4O4/c1-3-41-40(46)42-25-35-11-7-8-12-36(35)32-17-19-34(20-18-32)39-47-37(29(2)38(48-39)33-15-13-31(28-45)14-16-33)27-44-23-21-43(22-24-44)26-30-9-5-4-6-10-30/h4-20,29,37-39,45H,3,21-28H2,1-2H3,(H2,41,42,46)/t29-,37+,38+,39+/m0/s1. The summed E-state index contributed by atoms with van der Waals surface area (Å²) in [5, 5.41) is 15.4. The van der Waals surface area contributed by atoms with Crippen LogP contribution in [0, 0.1) is 5.92 Å². The van der Waals surface area contributed by atoms with Crippen LogP contribution in [0.1, 0.15) is 54.1 Å². The van der Waals surface area contributed by atoms with Crippen molar-refractivity contribution in [1.29, 1.82) is 0 Å². The third kappa shape index (κ3) is 8.50. The molecule has 8 nitrogen and oxygen atoms in total. The number of carbonyl (C=O) groups is 1. The summed E-state index contributed by atoms with van der Waals surface area (Å²) in [6.07, 6.45) is -0.689. The number of hydrogen-bond donors (Lipinski definition) is 3. The molecule has 2 fully saturated rings. The fourth-order valence-electron chi connectivity index (χ4n) is 6.73. The van der Waals surface area contributed by atoms with Gasteiger partial charge in [0.1, 0.15) is 0 Å². The lowest BCUT2D eigenvalue weighted by Gasteiger charge is -2.44. The number of nitrogens with zero attached hydrogens (tertiary/aromatic N) is 2. The van der Waals surface area contributed by atoms with Crippen molar-refractivity contribution in [2.75, 3.05) is 39.3 Å². The molecule has 0 aliphatic carbocycles. The molecule has 6 rings (SSSR count). The molecule has 2 amide bonds. The Hall–Kier alpha value is -4.05. The van der Waals surface area contributed by atoms with Crippen LogP contribution in [0.15, 0.2) is 103 Å². The Balaban J connectivity index is 1.17. The van der Waals surface area contributed by atoms with Gasteiger partial charge in [-0.2, -0.15) is 0 Å². The molecule has 0 bridgehead atoms. The summed E-state index contributed by atoms with van der Waals surface area (Å²) in [4.78, 5) is 17.1. The normalized spacial score (nSPS) is 21.9. The highest BCUT2D eigenvalue weighted by Gasteiger charge is 2.39. The number of benzene rings is 4. The number of ether oxygens (including phenoxy) is 2. The summed E-state index contributed by atoms with van der Waals surface area (Å²) in [5.74, 6) is 0.132. The molecule has 8 heteroatoms. The maximum absolute atomic E-state index is 12.0. The molecule has 0 spiro atoms. The van der Waals surface area contributed by atoms with Crippen LogP contribution in [0.5, 0.6) is 0 Å². The number of piperazine rings is 1. The number of urea groups is 1. The molecule has 0 saturated carbocycles. The van der Waals surface area contributed by atoms with Crippen LogP contribution in [0.3, 0.4) is 0 Å². The maximum atomic E-state index is 12.0. The van der Waals surface area contributed by atoms with Crippen LogP contribution in [0.25, 0.3) is 11.1 Å². The molecule has 2 aliphatic rings. The number of amides is 2. The lowest BCUT2D eigenvalue weighted by molar-refractivity contribution is -0.276. The molecule has 4 aromatic carbocycles. The largest absolute Gasteiger partial charge is 0.392 e. The Bertz CT molecular complexity index is 1590. The first-order valence-corrected chi connectivity index (χ1v) is 17.2. The molecule has 0 aromatic heterocycles. The predicted molar refractivity (Wildman–Crippen MR) is 189 cm³/mol. The monoisotopic (exact) mass is 648 g/mol. The Labute approximate surface area is 284 Å². The van der Waals surface area contributed by atoms with Gasteiger partial charge >= 0.3 is 6.03 Å². The van der Waals surface area contributed by atoms with Crippen molar-refractivity contribution in [3.05, 3.63) is 131 Å². The molecule has 4 atom stereocenters. The third-order valence-electron chi connectivity index (χ3n) is 9.56. The first-order chi connectivity index (χ1) is 23.5. The van der Waals surface area contributed by atoms with Crippen LogP contribution < -0.4 is 10.6 Å². The summed E-state index contributed by atoms with van der Waals surface area (Å²) >= 11 is 0. The third-order valence-corrected chi connectivity index (χ3v) is 9.56. The Kier molecular flexibility index (Phi) is 11.5. The highest BCUT2D eigenvalue weighted by atomic mass is 16.7. The number of carbonyl (C=O) groups excluding carboxylic acids is 1. The molecule has 2 heterocycles. The van der Waals surface area contributed by atoms with Crippen molar-refractivity contribution in [2.45, 2.75) is 52.0 Å². The lowest BCUT2D eigenvalue weighted by Crippen LogP contribution is -2.51. The molecular formula is C40H48N4O4. The minimum Gasteiger partial charge on any atom is -0.392 e. The Morgan fingerprint density at radius 2 is 1.44 bits per heavy atom. The van der Waals surface area contributed by atoms with E-state index in [2.05, 4.69) is 100 Å². The number of aliphatic hydroxyl groups excluding tert-OH is 1. The van der Waals surface area contributed by atoms with Gasteiger partial charge in [0, 0.05) is 63.8 Å². The SMILES string of the molecule is CCNC(=O)NCc1ccccc1-c1ccc([C@@H]2O[C@H](CN3CCN(Cc4ccccc4)CC3)[C@H](C)[C@H](c3ccc(CO)cc3)O2)cc1. The minimum absolute atomic E-state index is 0.0173. The van der Waals surface area contributed by atoms with Crippen molar-refractivity contribution in [3.8, 4) is 11.1 Å². The summed E-state index contributed by atoms with van der Waals surface area (Å²) in [6.45, 7) is 11.1. The highest BCUT2D eigenvalue weighted by Crippen LogP contribution is 2.42. The molecule has 4 aromatic rings. The van der Waals surface area contributed by atoms with Gasteiger partial charge < -0.3 is 25.2 Å². The summed E-state index contributed by atoms with van der Waals surface area (Å²) in [5.41, 5.74) is 7.50. The second-order valence-electron chi connectivity index (χ2n) is 12.9. The topological polar surface area (TPSA) is 86.3 Å². The average molecular weight is 649 g/mol. The van der Waals surface area contributed by atoms with Crippen molar-refractivity contribution in [1.82, 2.24) is 20.4 Å². The fraction of sp³-hybridized carbons (Fsp3) is 0.375. The van der Waals surface area contributed by atoms with E-state index in [4.69, 9.17) is 9.47 Å². The minimum atomic E-state index is -0.517. The zero-order valence-corrected chi connectivity index (χ0v) is 28.1. The number of nitrogens with one attached hydrogen (secondary N) is 2. The van der Waals surface area contributed by atoms with E-state index < -0.39 is 6.29 Å². The second-order valence-corrected chi connectivity index (χ2v) is 12.9. The summed E-state index contributed by atoms with van der Waals surface area (Å²) in [7, 11) is 0. The smallest absolute Gasteiger partial charge is 0.315 e. The van der Waals surface area contributed by atoms with E-state index in [1.54, 1.807) is 0 Å². The van der Waals surface area contributed by atoms with E-state index in [0.717, 1.165) is 72.6 Å². The molecule has 2 aliphatic heterocycles. The van der Waals surface area contributed by atoms with Gasteiger partial charge in [-0.25, -0.2) is 4.79 Å². The molecule has 2 saturated heterocycles. The first kappa shape index (κ1) is 33.8. The van der Waals surface area contributed by atoms with Gasteiger partial charge in [-0.1, -0.05) is 110 Å². The van der Waals surface area contributed by atoms with Crippen LogP contribution in [0.4, 0.5) is 4.79 Å². The van der Waals surface area contributed by atoms with Crippen molar-refractivity contribution in [2.24, 2.45) is 5.92 Å². The number of hydrogen-bond acceptors (Lipinski definition) is 6. The van der Waals surface area contributed by atoms with Crippen molar-refractivity contribution >= 4 is 6.03 Å². The average Bonchev–Trinajstić information content (AvgIpc) is 3.13. The van der Waals surface area contributed by atoms with Crippen molar-refractivity contribution in [3.63, 3.8) is 0 Å². The van der Waals surface area contributed by atoms with E-state index in [9.17, 15) is 9.90 Å². The van der Waals surface area contributed by atoms with Crippen LogP contribution in [0.2, 0.25) is 0 Å². The van der Waals surface area contributed by atoms with Gasteiger partial charge in [0.2, 0.25) is 0 Å². The number of aliphatic hydroxyl groups is 1. The highest BCUT2D eigenvalue weighted by molar-refractivity contribution is 5.74. The van der Waals surface area contributed by atoms with E-state index in [1.165, 1.54) is 5.56 Å². The first-order valence-electron chi connectivity index (χ1n) is 17.2. The van der Waals surface area contributed by atoms with Gasteiger partial charge in [-0.15, -0.1) is 0 Å². The van der Waals surface area contributed by atoms with Crippen molar-refractivity contribution < 1.29 is 19.4 Å². The van der Waals surface area contributed by atoms with E-state index in [-0.39, 0.29) is 30.8 Å². The molecule has 0 unspecified atom stereocenters. The maximum Gasteiger partial charge on any atom is 0.315 e. The zero-order chi connectivity index (χ0) is 33.3. The van der Waals surface area contributed by atoms with Gasteiger partial charge in [-0.05, 0) is 40.3 Å². The second kappa shape index (κ2) is 16.4. The molecule has 252 valence electrons. The Morgan fingerprint density at radius 1 is 0.771 bits per heavy atom. The molecule has 0 radical (unpaired) electrons. The molecular weight excluding hydrogens is 600 g/mol. The van der Waals surface area contributed by atoms with E-state index >= 15 is 0 Å². The van der Waals surface area contributed by atoms with Crippen LogP contribution >= 0.6 is 0 Å². The van der Waals surface area contributed by atoms with Gasteiger partial charge in [-0.3, -0.25) is 9.80 Å². The summed E-state index contributed by atoms with van der Waals surface area (Å²) in [6, 6.07) is 35.2. The van der Waals surface area contributed by atoms with Crippen LogP contribution in [-0.4, -0.2) is 66.3 Å². The zero-order valence-electron chi connectivity index (χ0n) is 28.1. The quantitative estimate of drug-likeness (QED) is 0.178. The van der Waals surface area contributed by atoms with E-state index in [0.29, 0.717) is 13.1 Å². The molecule has 48 heavy (non-hydrogen) atoms. The van der Waals surface area contributed by atoms with E-state index in [1.807, 2.05) is 37.3 Å². The summed E-state index contributed by atoms with van der Waals surface area (Å²) < 4.78 is 13.5. The predicted octanol–water partition coefficient (Wildman–Crippen LogP) is 6.27. The van der Waals surface area contributed by atoms with Gasteiger partial charge in [0.05, 0.1) is 18.8 Å². The number of rotatable bonds is 11. The lowest BCUT2D eigenvalue weighted by atomic mass is 9.89. The van der Waals surface area contributed by atoms with Gasteiger partial charge in [0.15, 0.2) is 6.29 Å².